The van der Waals surface area contributed by atoms with Crippen LogP contribution in [0, 0.1) is 6.92 Å². The molecule has 0 amide bonds. The van der Waals surface area contributed by atoms with Gasteiger partial charge in [-0.05, 0) is 61.7 Å². The van der Waals surface area contributed by atoms with Crippen molar-refractivity contribution < 1.29 is 13.0 Å². The maximum Gasteiger partial charge on any atom is 0.205 e. The smallest absolute Gasteiger partial charge is 0.205 e. The van der Waals surface area contributed by atoms with E-state index in [0.717, 1.165) is 11.1 Å². The molecule has 1 atom stereocenters. The van der Waals surface area contributed by atoms with Crippen molar-refractivity contribution >= 4 is 27.7 Å². The molecule has 0 saturated carbocycles. The summed E-state index contributed by atoms with van der Waals surface area (Å²) in [5, 5.41) is 3.26. The van der Waals surface area contributed by atoms with Crippen molar-refractivity contribution in [2.45, 2.75) is 30.0 Å². The summed E-state index contributed by atoms with van der Waals surface area (Å²) in [6.07, 6.45) is 0.817. The quantitative estimate of drug-likeness (QED) is 0.327. The van der Waals surface area contributed by atoms with E-state index in [9.17, 15) is 13.0 Å². The average Bonchev–Trinajstić information content (AvgIpc) is 2.88. The van der Waals surface area contributed by atoms with Crippen LogP contribution in [0.3, 0.4) is 0 Å². The van der Waals surface area contributed by atoms with Gasteiger partial charge >= 0.3 is 0 Å². The number of nitrogens with one attached hydrogen (secondary N) is 1. The second-order valence-electron chi connectivity index (χ2n) is 8.28. The van der Waals surface area contributed by atoms with E-state index >= 15 is 0 Å². The molecule has 4 nitrogen and oxygen atoms in total. The second kappa shape index (κ2) is 10.5. The van der Waals surface area contributed by atoms with Gasteiger partial charge in [0.2, 0.25) is 7.29 Å². The lowest BCUT2D eigenvalue weighted by molar-refractivity contribution is 0.548. The van der Waals surface area contributed by atoms with Crippen LogP contribution in [0.2, 0.25) is 0 Å². The van der Waals surface area contributed by atoms with Gasteiger partial charge in [-0.3, -0.25) is 4.57 Å². The topological polar surface area (TPSA) is 63.2 Å². The van der Waals surface area contributed by atoms with Crippen LogP contribution in [0.5, 0.6) is 0 Å². The van der Waals surface area contributed by atoms with Crippen LogP contribution in [-0.2, 0) is 20.8 Å². The van der Waals surface area contributed by atoms with Gasteiger partial charge in [0.1, 0.15) is 5.37 Å². The monoisotopic (exact) mass is 489 g/mol. The molecule has 0 radical (unpaired) electrons. The van der Waals surface area contributed by atoms with E-state index in [2.05, 4.69) is 5.09 Å². The molecule has 0 bridgehead atoms. The van der Waals surface area contributed by atoms with E-state index in [0.29, 0.717) is 17.0 Å². The summed E-state index contributed by atoms with van der Waals surface area (Å²) in [5.74, 6) is 0. The number of rotatable bonds is 9. The Balaban J connectivity index is 1.78. The first-order valence-corrected chi connectivity index (χ1v) is 14.5. The van der Waals surface area contributed by atoms with Crippen molar-refractivity contribution in [3.8, 4) is 0 Å². The summed E-state index contributed by atoms with van der Waals surface area (Å²) < 4.78 is 42.2. The minimum atomic E-state index is -3.82. The second-order valence-corrected chi connectivity index (χ2v) is 12.9. The molecule has 34 heavy (non-hydrogen) atoms. The number of aryl methyl sites for hydroxylation is 2. The molecule has 0 aromatic heterocycles. The van der Waals surface area contributed by atoms with Crippen LogP contribution in [0.4, 0.5) is 0 Å². The molecule has 4 rings (SSSR count). The molecule has 0 fully saturated rings. The Morgan fingerprint density at radius 3 is 1.68 bits per heavy atom. The molecule has 4 aromatic carbocycles. The van der Waals surface area contributed by atoms with Crippen molar-refractivity contribution in [1.29, 1.82) is 0 Å². The highest BCUT2D eigenvalue weighted by molar-refractivity contribution is 7.92. The zero-order chi connectivity index (χ0) is 24.0. The first-order valence-electron chi connectivity index (χ1n) is 11.2. The van der Waals surface area contributed by atoms with Gasteiger partial charge in [0.05, 0.1) is 4.90 Å². The normalized spacial score (nSPS) is 12.9. The first kappa shape index (κ1) is 24.2. The summed E-state index contributed by atoms with van der Waals surface area (Å²) in [7, 11) is -7.28. The minimum absolute atomic E-state index is 0.219. The Morgan fingerprint density at radius 1 is 0.706 bits per heavy atom. The van der Waals surface area contributed by atoms with Crippen LogP contribution < -0.4 is 15.7 Å². The lowest BCUT2D eigenvalue weighted by atomic mass is 10.1. The van der Waals surface area contributed by atoms with Crippen molar-refractivity contribution in [1.82, 2.24) is 5.09 Å². The predicted molar refractivity (Wildman–Crippen MR) is 140 cm³/mol. The summed E-state index contributed by atoms with van der Waals surface area (Å²) >= 11 is 0. The minimum Gasteiger partial charge on any atom is -0.296 e. The average molecular weight is 490 g/mol. The van der Waals surface area contributed by atoms with E-state index in [1.54, 1.807) is 48.5 Å². The Hall–Kier alpha value is -2.98. The Kier molecular flexibility index (Phi) is 7.47. The van der Waals surface area contributed by atoms with Gasteiger partial charge in [0, 0.05) is 10.6 Å². The molecule has 174 valence electrons. The van der Waals surface area contributed by atoms with Gasteiger partial charge < -0.3 is 0 Å². The van der Waals surface area contributed by atoms with Crippen molar-refractivity contribution in [2.75, 3.05) is 0 Å². The van der Waals surface area contributed by atoms with Gasteiger partial charge in [0.25, 0.3) is 0 Å². The predicted octanol–water partition coefficient (Wildman–Crippen LogP) is 5.25. The highest BCUT2D eigenvalue weighted by Gasteiger charge is 2.36. The number of hydrogen-bond donors (Lipinski definition) is 1. The molecule has 0 aliphatic heterocycles. The Bertz CT molecular complexity index is 1310. The zero-order valence-electron chi connectivity index (χ0n) is 19.0. The molecule has 4 aromatic rings. The van der Waals surface area contributed by atoms with Gasteiger partial charge in [-0.25, -0.2) is 13.5 Å². The highest BCUT2D eigenvalue weighted by atomic mass is 32.2. The number of sulfone groups is 1. The molecule has 6 heteroatoms. The lowest BCUT2D eigenvalue weighted by Crippen LogP contribution is -2.40. The zero-order valence-corrected chi connectivity index (χ0v) is 20.8. The van der Waals surface area contributed by atoms with E-state index in [4.69, 9.17) is 0 Å². The molecule has 0 spiro atoms. The van der Waals surface area contributed by atoms with Gasteiger partial charge in [-0.15, -0.1) is 0 Å². The fourth-order valence-corrected chi connectivity index (χ4v) is 8.49. The third-order valence-electron chi connectivity index (χ3n) is 5.83. The van der Waals surface area contributed by atoms with E-state index < -0.39 is 22.5 Å². The van der Waals surface area contributed by atoms with Gasteiger partial charge in [0.15, 0.2) is 9.84 Å². The van der Waals surface area contributed by atoms with E-state index in [1.165, 1.54) is 0 Å². The van der Waals surface area contributed by atoms with Crippen LogP contribution >= 0.6 is 7.29 Å². The van der Waals surface area contributed by atoms with E-state index in [-0.39, 0.29) is 11.3 Å². The third-order valence-corrected chi connectivity index (χ3v) is 10.8. The SMILES string of the molecule is Cc1ccc(S(=O)(=O)C(CCc2ccccc2)NP(=O)(c2ccccc2)c2ccccc2)cc1. The summed E-state index contributed by atoms with van der Waals surface area (Å²) in [4.78, 5) is 0.219. The lowest BCUT2D eigenvalue weighted by Gasteiger charge is -2.27. The van der Waals surface area contributed by atoms with Crippen LogP contribution in [0.25, 0.3) is 0 Å². The molecule has 0 saturated heterocycles. The maximum absolute atomic E-state index is 14.6. The largest absolute Gasteiger partial charge is 0.296 e. The van der Waals surface area contributed by atoms with Gasteiger partial charge in [-0.2, -0.15) is 0 Å². The standard InChI is InChI=1S/C28H28NO3PS/c1-23-17-20-27(21-18-23)34(31,32)28(22-19-24-11-5-2-6-12-24)29-33(30,25-13-7-3-8-14-25)26-15-9-4-10-16-26/h2-18,20-21,28H,19,22H2,1H3,(H,29,30). The number of benzene rings is 4. The molecule has 0 heterocycles. The maximum atomic E-state index is 14.6. The van der Waals surface area contributed by atoms with Gasteiger partial charge in [-0.1, -0.05) is 84.4 Å². The Labute approximate surface area is 202 Å². The van der Waals surface area contributed by atoms with Crippen LogP contribution in [-0.4, -0.2) is 13.8 Å². The van der Waals surface area contributed by atoms with Crippen molar-refractivity contribution in [2.24, 2.45) is 0 Å². The molecule has 1 N–H and O–H groups in total. The van der Waals surface area contributed by atoms with Crippen molar-refractivity contribution in [3.63, 3.8) is 0 Å². The Morgan fingerprint density at radius 2 is 1.18 bits per heavy atom. The molecular weight excluding hydrogens is 461 g/mol. The van der Waals surface area contributed by atoms with Crippen LogP contribution in [0.15, 0.2) is 120 Å². The van der Waals surface area contributed by atoms with Crippen molar-refractivity contribution in [3.05, 3.63) is 126 Å². The first-order chi connectivity index (χ1) is 16.4. The fourth-order valence-electron chi connectivity index (χ4n) is 3.90. The molecular formula is C28H28NO3PS. The molecule has 1 unspecified atom stereocenters. The third kappa shape index (κ3) is 5.39. The summed E-state index contributed by atoms with van der Waals surface area (Å²) in [5.41, 5.74) is 2.01. The molecule has 0 aliphatic rings. The van der Waals surface area contributed by atoms with Crippen LogP contribution in [0.1, 0.15) is 17.5 Å². The molecule has 0 aliphatic carbocycles. The summed E-state index contributed by atoms with van der Waals surface area (Å²) in [6.45, 7) is 1.92. The number of hydrogen-bond acceptors (Lipinski definition) is 3. The van der Waals surface area contributed by atoms with E-state index in [1.807, 2.05) is 73.7 Å². The highest BCUT2D eigenvalue weighted by Crippen LogP contribution is 2.41. The fraction of sp³-hybridized carbons (Fsp3) is 0.143. The summed E-state index contributed by atoms with van der Waals surface area (Å²) in [6, 6.07) is 34.7.